The fourth-order valence-electron chi connectivity index (χ4n) is 5.07. The molecule has 9 heteroatoms. The van der Waals surface area contributed by atoms with Crippen molar-refractivity contribution >= 4 is 29.2 Å². The van der Waals surface area contributed by atoms with Gasteiger partial charge in [-0.25, -0.2) is 9.80 Å². The molecule has 0 saturated carbocycles. The Balaban J connectivity index is 1.51. The van der Waals surface area contributed by atoms with E-state index in [0.29, 0.717) is 16.8 Å². The van der Waals surface area contributed by atoms with Crippen LogP contribution in [0.15, 0.2) is 48.5 Å². The molecule has 8 nitrogen and oxygen atoms in total. The second-order valence-corrected chi connectivity index (χ2v) is 9.91. The average Bonchev–Trinajstić information content (AvgIpc) is 2.85. The zero-order chi connectivity index (χ0) is 24.9. The van der Waals surface area contributed by atoms with E-state index in [0.717, 1.165) is 50.4 Å². The summed E-state index contributed by atoms with van der Waals surface area (Å²) in [7, 11) is 2.17. The van der Waals surface area contributed by atoms with Crippen molar-refractivity contribution in [1.29, 1.82) is 0 Å². The van der Waals surface area contributed by atoms with E-state index in [4.69, 9.17) is 17.3 Å². The first-order valence-corrected chi connectivity index (χ1v) is 12.6. The van der Waals surface area contributed by atoms with Gasteiger partial charge in [-0.3, -0.25) is 20.0 Å². The summed E-state index contributed by atoms with van der Waals surface area (Å²) in [5.41, 5.74) is 11.0. The number of hydrogen-bond donors (Lipinski definition) is 2. The maximum atomic E-state index is 13.7. The topological polar surface area (TPSA) is 85.2 Å². The standard InChI is InChI=1S/C26H35ClN6O2/c1-19-5-3-4-6-23(19)24(33(26(28)35)22-9-7-20(27)8-10-22)25(34)29-32-17-15-31(16-18-32)21-11-13-30(2)14-12-21/h3-10,21,24H,11-18H2,1-2H3,(H2,28,35)(H,29,34). The molecule has 1 atom stereocenters. The Labute approximate surface area is 212 Å². The lowest BCUT2D eigenvalue weighted by molar-refractivity contribution is -0.128. The van der Waals surface area contributed by atoms with Crippen molar-refractivity contribution < 1.29 is 9.59 Å². The van der Waals surface area contributed by atoms with E-state index >= 15 is 0 Å². The number of aryl methyl sites for hydroxylation is 1. The summed E-state index contributed by atoms with van der Waals surface area (Å²) in [5.74, 6) is -0.291. The SMILES string of the molecule is Cc1ccccc1C(C(=O)NN1CCN(C2CCN(C)CC2)CC1)N(C(N)=O)c1ccc(Cl)cc1. The molecule has 2 aliphatic heterocycles. The smallest absolute Gasteiger partial charge is 0.320 e. The first-order valence-electron chi connectivity index (χ1n) is 12.2. The summed E-state index contributed by atoms with van der Waals surface area (Å²) in [6.07, 6.45) is 2.37. The first kappa shape index (κ1) is 25.4. The number of likely N-dealkylation sites (tertiary alicyclic amines) is 1. The number of anilines is 1. The monoisotopic (exact) mass is 498 g/mol. The Morgan fingerprint density at radius 3 is 2.23 bits per heavy atom. The van der Waals surface area contributed by atoms with Crippen LogP contribution in [0.4, 0.5) is 10.5 Å². The molecular weight excluding hydrogens is 464 g/mol. The van der Waals surface area contributed by atoms with Crippen molar-refractivity contribution in [2.75, 3.05) is 51.2 Å². The third kappa shape index (κ3) is 6.13. The molecule has 3 amide bonds. The van der Waals surface area contributed by atoms with E-state index in [1.54, 1.807) is 24.3 Å². The summed E-state index contributed by atoms with van der Waals surface area (Å²) < 4.78 is 0. The molecule has 2 aromatic carbocycles. The number of nitrogens with one attached hydrogen (secondary N) is 1. The molecule has 0 aliphatic carbocycles. The molecule has 0 radical (unpaired) electrons. The summed E-state index contributed by atoms with van der Waals surface area (Å²) in [6.45, 7) is 7.46. The lowest BCUT2D eigenvalue weighted by atomic mass is 9.98. The van der Waals surface area contributed by atoms with E-state index in [9.17, 15) is 9.59 Å². The fourth-order valence-corrected chi connectivity index (χ4v) is 5.20. The molecule has 2 fully saturated rings. The minimum absolute atomic E-state index is 0.291. The van der Waals surface area contributed by atoms with Crippen LogP contribution >= 0.6 is 11.6 Å². The number of hydrogen-bond acceptors (Lipinski definition) is 5. The summed E-state index contributed by atoms with van der Waals surface area (Å²) in [6, 6.07) is 13.3. The maximum absolute atomic E-state index is 13.7. The minimum atomic E-state index is -0.915. The molecule has 0 bridgehead atoms. The van der Waals surface area contributed by atoms with Gasteiger partial charge in [0.2, 0.25) is 0 Å². The molecule has 2 aliphatic rings. The molecule has 4 rings (SSSR count). The van der Waals surface area contributed by atoms with Crippen molar-refractivity contribution in [2.45, 2.75) is 31.8 Å². The van der Waals surface area contributed by atoms with Gasteiger partial charge in [-0.1, -0.05) is 35.9 Å². The highest BCUT2D eigenvalue weighted by Crippen LogP contribution is 2.30. The van der Waals surface area contributed by atoms with E-state index in [1.807, 2.05) is 36.2 Å². The number of hydrazine groups is 1. The number of carbonyl (C=O) groups is 2. The molecule has 2 saturated heterocycles. The van der Waals surface area contributed by atoms with E-state index < -0.39 is 12.1 Å². The molecule has 3 N–H and O–H groups in total. The predicted molar refractivity (Wildman–Crippen MR) is 139 cm³/mol. The lowest BCUT2D eigenvalue weighted by Crippen LogP contribution is -2.58. The van der Waals surface area contributed by atoms with Crippen LogP contribution in [0.5, 0.6) is 0 Å². The summed E-state index contributed by atoms with van der Waals surface area (Å²) in [4.78, 5) is 32.6. The molecule has 2 heterocycles. The number of rotatable bonds is 6. The van der Waals surface area contributed by atoms with Crippen molar-refractivity contribution in [2.24, 2.45) is 5.73 Å². The zero-order valence-electron chi connectivity index (χ0n) is 20.5. The van der Waals surface area contributed by atoms with Crippen LogP contribution in [0.2, 0.25) is 5.02 Å². The maximum Gasteiger partial charge on any atom is 0.320 e. The highest BCUT2D eigenvalue weighted by molar-refractivity contribution is 6.30. The van der Waals surface area contributed by atoms with Crippen molar-refractivity contribution in [3.8, 4) is 0 Å². The Bertz CT molecular complexity index is 1020. The molecule has 0 aromatic heterocycles. The number of piperazine rings is 1. The number of carbonyl (C=O) groups excluding carboxylic acids is 2. The second kappa shape index (κ2) is 11.4. The quantitative estimate of drug-likeness (QED) is 0.639. The van der Waals surface area contributed by atoms with Crippen LogP contribution in [-0.2, 0) is 4.79 Å². The Kier molecular flexibility index (Phi) is 8.28. The highest BCUT2D eigenvalue weighted by Gasteiger charge is 2.34. The zero-order valence-corrected chi connectivity index (χ0v) is 21.2. The number of urea groups is 1. The molecular formula is C26H35ClN6O2. The van der Waals surface area contributed by atoms with E-state index in [1.165, 1.54) is 17.7 Å². The number of amides is 3. The van der Waals surface area contributed by atoms with Crippen molar-refractivity contribution in [1.82, 2.24) is 20.2 Å². The average molecular weight is 499 g/mol. The minimum Gasteiger partial charge on any atom is -0.351 e. The van der Waals surface area contributed by atoms with Gasteiger partial charge in [0.1, 0.15) is 6.04 Å². The number of nitrogens with two attached hydrogens (primary N) is 1. The van der Waals surface area contributed by atoms with E-state index in [-0.39, 0.29) is 5.91 Å². The van der Waals surface area contributed by atoms with Crippen molar-refractivity contribution in [3.05, 3.63) is 64.7 Å². The van der Waals surface area contributed by atoms with Crippen LogP contribution in [0.25, 0.3) is 0 Å². The third-order valence-corrected chi connectivity index (χ3v) is 7.37. The van der Waals surface area contributed by atoms with Crippen LogP contribution in [0, 0.1) is 6.92 Å². The molecule has 188 valence electrons. The van der Waals surface area contributed by atoms with Gasteiger partial charge in [-0.15, -0.1) is 0 Å². The Morgan fingerprint density at radius 1 is 1.00 bits per heavy atom. The number of halogens is 1. The summed E-state index contributed by atoms with van der Waals surface area (Å²) in [5, 5.41) is 2.50. The molecule has 35 heavy (non-hydrogen) atoms. The van der Waals surface area contributed by atoms with Gasteiger partial charge in [-0.2, -0.15) is 0 Å². The van der Waals surface area contributed by atoms with Gasteiger partial charge in [0.15, 0.2) is 0 Å². The Hall–Kier alpha value is -2.65. The predicted octanol–water partition coefficient (Wildman–Crippen LogP) is 3.02. The van der Waals surface area contributed by atoms with Gasteiger partial charge in [0, 0.05) is 42.9 Å². The second-order valence-electron chi connectivity index (χ2n) is 9.48. The van der Waals surface area contributed by atoms with Crippen LogP contribution in [0.1, 0.15) is 30.0 Å². The normalized spacial score (nSPS) is 19.3. The molecule has 0 spiro atoms. The fraction of sp³-hybridized carbons (Fsp3) is 0.462. The van der Waals surface area contributed by atoms with Gasteiger partial charge in [-0.05, 0) is 75.3 Å². The van der Waals surface area contributed by atoms with Crippen LogP contribution in [0.3, 0.4) is 0 Å². The Morgan fingerprint density at radius 2 is 1.63 bits per heavy atom. The van der Waals surface area contributed by atoms with Crippen molar-refractivity contribution in [3.63, 3.8) is 0 Å². The number of benzene rings is 2. The van der Waals surface area contributed by atoms with Gasteiger partial charge in [0.05, 0.1) is 0 Å². The summed E-state index contributed by atoms with van der Waals surface area (Å²) >= 11 is 6.06. The number of primary amides is 1. The van der Waals surface area contributed by atoms with Crippen LogP contribution in [-0.4, -0.2) is 79.1 Å². The van der Waals surface area contributed by atoms with Gasteiger partial charge in [0.25, 0.3) is 5.91 Å². The first-order chi connectivity index (χ1) is 16.8. The molecule has 2 aromatic rings. The third-order valence-electron chi connectivity index (χ3n) is 7.12. The highest BCUT2D eigenvalue weighted by atomic mass is 35.5. The number of piperidine rings is 1. The lowest BCUT2D eigenvalue weighted by Gasteiger charge is -2.42. The van der Waals surface area contributed by atoms with Gasteiger partial charge >= 0.3 is 6.03 Å². The van der Waals surface area contributed by atoms with Crippen LogP contribution < -0.4 is 16.1 Å². The largest absolute Gasteiger partial charge is 0.351 e. The number of nitrogens with zero attached hydrogens (tertiary/aromatic N) is 4. The molecule has 1 unspecified atom stereocenters. The van der Waals surface area contributed by atoms with Gasteiger partial charge < -0.3 is 10.6 Å². The van der Waals surface area contributed by atoms with E-state index in [2.05, 4.69) is 22.3 Å².